The number of rotatable bonds is 22. The smallest absolute Gasteiger partial charge is 0.417 e. The summed E-state index contributed by atoms with van der Waals surface area (Å²) < 4.78 is 83.5. The summed E-state index contributed by atoms with van der Waals surface area (Å²) >= 11 is 0. The number of fused-ring (bicyclic) bond motifs is 1. The summed E-state index contributed by atoms with van der Waals surface area (Å²) in [6.45, 7) is 6.87. The first-order valence-corrected chi connectivity index (χ1v) is 20.6. The number of amides is 5. The molecule has 6 rings (SSSR count). The normalized spacial score (nSPS) is 18.3. The molecule has 0 radical (unpaired) electrons. The largest absolute Gasteiger partial charge is 0.480 e. The minimum absolute atomic E-state index is 0.0388. The number of nitriles is 1. The Morgan fingerprint density at radius 2 is 1.50 bits per heavy atom. The molecule has 3 N–H and O–H groups in total. The van der Waals surface area contributed by atoms with Gasteiger partial charge in [-0.3, -0.25) is 34.2 Å². The van der Waals surface area contributed by atoms with E-state index in [9.17, 15) is 37.1 Å². The van der Waals surface area contributed by atoms with Gasteiger partial charge in [-0.25, -0.2) is 4.39 Å². The monoisotopic (exact) mass is 896 g/mol. The number of halogens is 4. The number of likely N-dealkylation sites (tertiary alicyclic amines) is 1. The van der Waals surface area contributed by atoms with E-state index < -0.39 is 70.2 Å². The van der Waals surface area contributed by atoms with Gasteiger partial charge >= 0.3 is 6.18 Å². The van der Waals surface area contributed by atoms with Gasteiger partial charge in [-0.05, 0) is 48.9 Å². The van der Waals surface area contributed by atoms with Crippen molar-refractivity contribution in [2.24, 2.45) is 5.41 Å². The van der Waals surface area contributed by atoms with Crippen molar-refractivity contribution in [1.29, 1.82) is 5.26 Å². The van der Waals surface area contributed by atoms with Crippen molar-refractivity contribution in [3.8, 4) is 11.8 Å². The molecule has 16 nitrogen and oxygen atoms in total. The molecule has 3 aliphatic rings. The Balaban J connectivity index is 0.793. The fourth-order valence-electron chi connectivity index (χ4n) is 7.50. The third kappa shape index (κ3) is 11.5. The van der Waals surface area contributed by atoms with Crippen LogP contribution < -0.4 is 20.7 Å². The number of piperidine rings is 1. The first-order chi connectivity index (χ1) is 30.6. The lowest BCUT2D eigenvalue weighted by molar-refractivity contribution is -0.138. The molecule has 0 aliphatic carbocycles. The van der Waals surface area contributed by atoms with Crippen LogP contribution in [-0.4, -0.2) is 124 Å². The summed E-state index contributed by atoms with van der Waals surface area (Å²) in [6, 6.07) is 12.7. The van der Waals surface area contributed by atoms with Crippen LogP contribution in [0.5, 0.6) is 5.75 Å². The number of benzene rings is 3. The Hall–Kier alpha value is -6.14. The average molecular weight is 897 g/mol. The number of carbonyl (C=O) groups is 5. The minimum Gasteiger partial charge on any atom is -0.480 e. The summed E-state index contributed by atoms with van der Waals surface area (Å²) in [5.74, 6) is -3.53. The molecule has 0 aromatic heterocycles. The second kappa shape index (κ2) is 21.0. The van der Waals surface area contributed by atoms with Gasteiger partial charge in [0.15, 0.2) is 6.10 Å². The lowest BCUT2D eigenvalue weighted by Gasteiger charge is -2.27. The maximum absolute atomic E-state index is 15.1. The van der Waals surface area contributed by atoms with Crippen LogP contribution in [0.4, 0.5) is 28.9 Å². The molecule has 20 heteroatoms. The van der Waals surface area contributed by atoms with Crippen molar-refractivity contribution < 1.29 is 65.2 Å². The molecule has 3 heterocycles. The minimum atomic E-state index is -4.78. The molecule has 2 atom stereocenters. The van der Waals surface area contributed by atoms with E-state index in [4.69, 9.17) is 28.9 Å². The molecule has 342 valence electrons. The summed E-state index contributed by atoms with van der Waals surface area (Å²) in [4.78, 5) is 65.7. The summed E-state index contributed by atoms with van der Waals surface area (Å²) in [5.41, 5.74) is -0.973. The maximum Gasteiger partial charge on any atom is 0.417 e. The molecular weight excluding hydrogens is 849 g/mol. The van der Waals surface area contributed by atoms with Crippen LogP contribution in [0.2, 0.25) is 0 Å². The van der Waals surface area contributed by atoms with Gasteiger partial charge in [0.05, 0.1) is 81.2 Å². The molecule has 2 saturated heterocycles. The van der Waals surface area contributed by atoms with E-state index in [-0.39, 0.29) is 48.4 Å². The standard InChI is InChI=1S/C44H48F4N6O10/c1-43(2)26-53(42(59)38(43)64-30-9-7-27(24-49)32(23-30)44(46,47)48)25-28-6-8-29(22-33(28)45)50-12-14-60-16-18-62-20-21-63-19-17-61-15-13-51-34-5-3-4-31-37(34)41(58)54(40(31)57)35-10-11-36(55)52-39(35)56/h3-9,22-23,35,38,50-51H,10-21,25-26H2,1-2H3,(H,52,55,56). The maximum atomic E-state index is 15.1. The van der Waals surface area contributed by atoms with Crippen molar-refractivity contribution in [3.63, 3.8) is 0 Å². The summed E-state index contributed by atoms with van der Waals surface area (Å²) in [7, 11) is 0. The number of hydrogen-bond acceptors (Lipinski definition) is 13. The van der Waals surface area contributed by atoms with Crippen molar-refractivity contribution in [2.45, 2.75) is 51.6 Å². The molecule has 3 aromatic carbocycles. The third-order valence-electron chi connectivity index (χ3n) is 10.7. The molecule has 5 amide bonds. The third-order valence-corrected chi connectivity index (χ3v) is 10.7. The van der Waals surface area contributed by atoms with E-state index in [0.29, 0.717) is 83.4 Å². The molecule has 2 unspecified atom stereocenters. The first-order valence-electron chi connectivity index (χ1n) is 20.6. The van der Waals surface area contributed by atoms with Crippen LogP contribution in [-0.2, 0) is 46.1 Å². The zero-order valence-electron chi connectivity index (χ0n) is 35.2. The molecule has 3 aromatic rings. The van der Waals surface area contributed by atoms with Crippen molar-refractivity contribution in [3.05, 3.63) is 88.2 Å². The average Bonchev–Trinajstić information content (AvgIpc) is 3.63. The van der Waals surface area contributed by atoms with Gasteiger partial charge in [-0.2, -0.15) is 18.4 Å². The zero-order chi connectivity index (χ0) is 46.0. The highest BCUT2D eigenvalue weighted by Crippen LogP contribution is 2.39. The second-order valence-corrected chi connectivity index (χ2v) is 15.8. The van der Waals surface area contributed by atoms with Crippen LogP contribution in [0, 0.1) is 22.6 Å². The highest BCUT2D eigenvalue weighted by atomic mass is 19.4. The SMILES string of the molecule is CC1(C)CN(Cc2ccc(NCCOCCOCCOCCOCCNc3cccc4c3C(=O)N(C3CCC(=O)NC3=O)C4=O)cc2F)C(=O)C1Oc1ccc(C#N)c(C(F)(F)F)c1. The first kappa shape index (κ1) is 47.3. The fraction of sp³-hybridized carbons (Fsp3) is 0.455. The Labute approximate surface area is 366 Å². The van der Waals surface area contributed by atoms with Gasteiger partial charge in [0, 0.05) is 55.0 Å². The van der Waals surface area contributed by atoms with E-state index >= 15 is 4.39 Å². The summed E-state index contributed by atoms with van der Waals surface area (Å²) in [6.07, 6.45) is -5.80. The number of hydrogen-bond donors (Lipinski definition) is 3. The van der Waals surface area contributed by atoms with E-state index in [1.807, 2.05) is 0 Å². The number of nitrogens with one attached hydrogen (secondary N) is 3. The van der Waals surface area contributed by atoms with Crippen LogP contribution in [0.15, 0.2) is 54.6 Å². The van der Waals surface area contributed by atoms with Gasteiger partial charge < -0.3 is 39.2 Å². The van der Waals surface area contributed by atoms with E-state index in [1.165, 1.54) is 29.2 Å². The highest BCUT2D eigenvalue weighted by Gasteiger charge is 2.49. The van der Waals surface area contributed by atoms with Crippen LogP contribution >= 0.6 is 0 Å². The Morgan fingerprint density at radius 3 is 2.12 bits per heavy atom. The molecule has 0 spiro atoms. The van der Waals surface area contributed by atoms with Crippen molar-refractivity contribution in [2.75, 3.05) is 83.1 Å². The van der Waals surface area contributed by atoms with Gasteiger partial charge in [0.2, 0.25) is 11.8 Å². The van der Waals surface area contributed by atoms with Crippen LogP contribution in [0.25, 0.3) is 0 Å². The van der Waals surface area contributed by atoms with Crippen LogP contribution in [0.1, 0.15) is 64.1 Å². The molecule has 0 bridgehead atoms. The number of carbonyl (C=O) groups excluding carboxylic acids is 5. The van der Waals surface area contributed by atoms with Gasteiger partial charge in [0.1, 0.15) is 17.6 Å². The van der Waals surface area contributed by atoms with Crippen LogP contribution in [0.3, 0.4) is 0 Å². The molecular formula is C44H48F4N6O10. The van der Waals surface area contributed by atoms with E-state index in [1.54, 1.807) is 38.1 Å². The molecule has 2 fully saturated rings. The molecule has 0 saturated carbocycles. The second-order valence-electron chi connectivity index (χ2n) is 15.8. The number of imide groups is 2. The fourth-order valence-corrected chi connectivity index (χ4v) is 7.50. The summed E-state index contributed by atoms with van der Waals surface area (Å²) in [5, 5.41) is 17.4. The topological polar surface area (TPSA) is 198 Å². The predicted molar refractivity (Wildman–Crippen MR) is 220 cm³/mol. The van der Waals surface area contributed by atoms with Gasteiger partial charge in [0.25, 0.3) is 17.7 Å². The molecule has 3 aliphatic heterocycles. The van der Waals surface area contributed by atoms with Crippen molar-refractivity contribution in [1.82, 2.24) is 15.1 Å². The van der Waals surface area contributed by atoms with Crippen molar-refractivity contribution >= 4 is 40.9 Å². The Morgan fingerprint density at radius 1 is 0.844 bits per heavy atom. The Kier molecular flexibility index (Phi) is 15.6. The van der Waals surface area contributed by atoms with Gasteiger partial charge in [-0.1, -0.05) is 26.0 Å². The number of anilines is 2. The van der Waals surface area contributed by atoms with Gasteiger partial charge in [-0.15, -0.1) is 0 Å². The number of ether oxygens (including phenoxy) is 5. The predicted octanol–water partition coefficient (Wildman–Crippen LogP) is 4.52. The highest BCUT2D eigenvalue weighted by molar-refractivity contribution is 6.25. The quantitative estimate of drug-likeness (QED) is 0.0724. The number of alkyl halides is 3. The Bertz CT molecular complexity index is 2270. The van der Waals surface area contributed by atoms with E-state index in [2.05, 4.69) is 16.0 Å². The number of nitrogens with zero attached hydrogens (tertiary/aromatic N) is 3. The lowest BCUT2D eigenvalue weighted by atomic mass is 9.89. The molecule has 64 heavy (non-hydrogen) atoms. The zero-order valence-corrected chi connectivity index (χ0v) is 35.2. The lowest BCUT2D eigenvalue weighted by Crippen LogP contribution is -2.54. The van der Waals surface area contributed by atoms with E-state index in [0.717, 1.165) is 11.0 Å².